The number of aliphatic hydroxyl groups is 1. The number of aliphatic hydroxyl groups excluding tert-OH is 1. The molecule has 8 atom stereocenters. The van der Waals surface area contributed by atoms with Crippen molar-refractivity contribution in [3.05, 3.63) is 90.0 Å². The molecule has 3 amide bonds. The third-order valence-electron chi connectivity index (χ3n) is 10.1. The van der Waals surface area contributed by atoms with Crippen LogP contribution in [0.5, 0.6) is 0 Å². The number of benzene rings is 2. The van der Waals surface area contributed by atoms with Crippen LogP contribution in [0.3, 0.4) is 0 Å². The van der Waals surface area contributed by atoms with Gasteiger partial charge in [-0.1, -0.05) is 96.0 Å². The van der Waals surface area contributed by atoms with Crippen molar-refractivity contribution in [3.63, 3.8) is 0 Å². The summed E-state index contributed by atoms with van der Waals surface area (Å²) in [5.41, 5.74) is 0.576. The fourth-order valence-corrected chi connectivity index (χ4v) is 9.07. The van der Waals surface area contributed by atoms with Crippen molar-refractivity contribution >= 4 is 56.9 Å². The Morgan fingerprint density at radius 3 is 2.52 bits per heavy atom. The summed E-state index contributed by atoms with van der Waals surface area (Å²) >= 11 is 10.4. The lowest BCUT2D eigenvalue weighted by molar-refractivity contribution is -0.147. The number of carbonyl (C=O) groups excluding carboxylic acids is 4. The van der Waals surface area contributed by atoms with Crippen molar-refractivity contribution in [2.75, 3.05) is 24.7 Å². The summed E-state index contributed by atoms with van der Waals surface area (Å²) in [4.78, 5) is 59.3. The van der Waals surface area contributed by atoms with Crippen LogP contribution in [0.1, 0.15) is 50.3 Å². The van der Waals surface area contributed by atoms with Crippen molar-refractivity contribution in [1.29, 1.82) is 0 Å². The number of rotatable bonds is 15. The molecule has 10 nitrogen and oxygen atoms in total. The van der Waals surface area contributed by atoms with Gasteiger partial charge >= 0.3 is 5.97 Å². The predicted molar refractivity (Wildman–Crippen MR) is 195 cm³/mol. The number of esters is 1. The molecular formula is C38H45BrClN3O7. The number of likely N-dealkylation sites (tertiary alicyclic amines) is 1. The number of amides is 3. The average Bonchev–Trinajstić information content (AvgIpc) is 3.68. The molecule has 5 rings (SSSR count). The molecule has 3 heterocycles. The van der Waals surface area contributed by atoms with Gasteiger partial charge in [-0.2, -0.15) is 0 Å². The molecule has 2 aromatic carbocycles. The van der Waals surface area contributed by atoms with Crippen molar-refractivity contribution in [1.82, 2.24) is 10.2 Å². The number of halogens is 2. The van der Waals surface area contributed by atoms with E-state index in [1.54, 1.807) is 24.3 Å². The number of fused-ring (bicyclic) bond motifs is 1. The topological polar surface area (TPSA) is 125 Å². The maximum absolute atomic E-state index is 15.0. The largest absolute Gasteiger partial charge is 0.463 e. The van der Waals surface area contributed by atoms with E-state index in [-0.39, 0.29) is 36.7 Å². The Labute approximate surface area is 306 Å². The van der Waals surface area contributed by atoms with Gasteiger partial charge in [-0.3, -0.25) is 19.2 Å². The second kappa shape index (κ2) is 15.8. The van der Waals surface area contributed by atoms with E-state index in [0.717, 1.165) is 5.56 Å². The SMILES string of the molecule is C=CCCC(=O)OC[C@H](NC(=O)[C@@H]1[C@H]2O[C@@]3(CC2Br)[C@H](C(=O)N(CC=C)c2c(C)cccc2Cl)N([C@@H](CO)C(C)C)C(=O)[C@@H]13)c1ccccc1. The summed E-state index contributed by atoms with van der Waals surface area (Å²) in [6.07, 6.45) is 3.40. The number of ether oxygens (including phenoxy) is 2. The molecule has 0 aliphatic carbocycles. The van der Waals surface area contributed by atoms with Crippen LogP contribution in [0, 0.1) is 24.7 Å². The normalized spacial score (nSPS) is 26.3. The van der Waals surface area contributed by atoms with Crippen LogP contribution in [0.2, 0.25) is 5.02 Å². The molecule has 3 saturated heterocycles. The fourth-order valence-electron chi connectivity index (χ4n) is 7.80. The van der Waals surface area contributed by atoms with Crippen molar-refractivity contribution < 1.29 is 33.8 Å². The zero-order valence-corrected chi connectivity index (χ0v) is 30.9. The minimum Gasteiger partial charge on any atom is -0.463 e. The van der Waals surface area contributed by atoms with E-state index in [2.05, 4.69) is 34.4 Å². The maximum atomic E-state index is 15.0. The molecule has 1 spiro atoms. The zero-order chi connectivity index (χ0) is 36.3. The third-order valence-corrected chi connectivity index (χ3v) is 11.2. The third kappa shape index (κ3) is 6.89. The molecule has 3 aliphatic rings. The van der Waals surface area contributed by atoms with E-state index >= 15 is 4.79 Å². The average molecular weight is 771 g/mol. The minimum absolute atomic E-state index is 0.101. The second-order valence-corrected chi connectivity index (χ2v) is 15.1. The highest BCUT2D eigenvalue weighted by Crippen LogP contribution is 2.61. The van der Waals surface area contributed by atoms with E-state index in [1.807, 2.05) is 57.2 Å². The number of carbonyl (C=O) groups is 4. The van der Waals surface area contributed by atoms with Crippen LogP contribution in [-0.2, 0) is 28.7 Å². The Kier molecular flexibility index (Phi) is 11.9. The summed E-state index contributed by atoms with van der Waals surface area (Å²) < 4.78 is 12.3. The van der Waals surface area contributed by atoms with Gasteiger partial charge in [0.1, 0.15) is 18.2 Å². The number of allylic oxidation sites excluding steroid dienone is 1. The molecule has 2 aromatic rings. The number of para-hydroxylation sites is 1. The van der Waals surface area contributed by atoms with Gasteiger partial charge in [0.15, 0.2) is 0 Å². The summed E-state index contributed by atoms with van der Waals surface area (Å²) in [5.74, 6) is -3.99. The van der Waals surface area contributed by atoms with Crippen LogP contribution in [-0.4, -0.2) is 82.1 Å². The Balaban J connectivity index is 1.55. The van der Waals surface area contributed by atoms with Crippen molar-refractivity contribution in [2.45, 2.75) is 74.7 Å². The van der Waals surface area contributed by atoms with Crippen LogP contribution >= 0.6 is 27.5 Å². The molecule has 0 radical (unpaired) electrons. The van der Waals surface area contributed by atoms with Gasteiger partial charge in [0.25, 0.3) is 5.91 Å². The maximum Gasteiger partial charge on any atom is 0.306 e. The molecule has 268 valence electrons. The highest BCUT2D eigenvalue weighted by atomic mass is 79.9. The predicted octanol–water partition coefficient (Wildman–Crippen LogP) is 5.30. The van der Waals surface area contributed by atoms with Crippen LogP contribution in [0.25, 0.3) is 0 Å². The second-order valence-electron chi connectivity index (χ2n) is 13.5. The molecule has 0 saturated carbocycles. The van der Waals surface area contributed by atoms with Crippen LogP contribution in [0.15, 0.2) is 73.8 Å². The Bertz CT molecular complexity index is 1600. The van der Waals surface area contributed by atoms with Gasteiger partial charge in [-0.15, -0.1) is 13.2 Å². The highest BCUT2D eigenvalue weighted by molar-refractivity contribution is 9.09. The molecule has 50 heavy (non-hydrogen) atoms. The van der Waals surface area contributed by atoms with Crippen molar-refractivity contribution in [2.24, 2.45) is 17.8 Å². The smallest absolute Gasteiger partial charge is 0.306 e. The molecular weight excluding hydrogens is 726 g/mol. The first-order chi connectivity index (χ1) is 23.9. The van der Waals surface area contributed by atoms with E-state index in [1.165, 1.54) is 9.80 Å². The monoisotopic (exact) mass is 769 g/mol. The van der Waals surface area contributed by atoms with E-state index < -0.39 is 72.0 Å². The molecule has 2 N–H and O–H groups in total. The first-order valence-corrected chi connectivity index (χ1v) is 18.2. The van der Waals surface area contributed by atoms with Gasteiger partial charge in [0, 0.05) is 17.8 Å². The summed E-state index contributed by atoms with van der Waals surface area (Å²) in [5, 5.41) is 14.1. The van der Waals surface area contributed by atoms with Gasteiger partial charge in [-0.05, 0) is 42.9 Å². The molecule has 3 fully saturated rings. The number of nitrogens with one attached hydrogen (secondary N) is 1. The lowest BCUT2D eigenvalue weighted by Crippen LogP contribution is -2.60. The summed E-state index contributed by atoms with van der Waals surface area (Å²) in [7, 11) is 0. The molecule has 12 heteroatoms. The van der Waals surface area contributed by atoms with Crippen molar-refractivity contribution in [3.8, 4) is 0 Å². The van der Waals surface area contributed by atoms with Crippen LogP contribution < -0.4 is 10.2 Å². The van der Waals surface area contributed by atoms with Gasteiger partial charge in [0.2, 0.25) is 11.8 Å². The Morgan fingerprint density at radius 1 is 1.18 bits per heavy atom. The van der Waals surface area contributed by atoms with E-state index in [9.17, 15) is 19.5 Å². The Hall–Kier alpha value is -3.51. The standard InChI is InChI=1S/C38H45BrClN3O7/c1-6-8-17-29(45)49-21-27(24-14-10-9-11-15-24)41-35(46)30-31-36(47)43(28(20-44)22(3)4)34(38(31)19-25(39)33(30)50-38)37(48)42(18-7-2)32-23(5)13-12-16-26(32)40/h6-7,9-16,22,25,27-28,30-31,33-34,44H,1-2,8,17-21H2,3-5H3,(H,41,46)/t25?,27-,28-,30-,31+,33-,34-,38+/m0/s1. The number of anilines is 1. The summed E-state index contributed by atoms with van der Waals surface area (Å²) in [6.45, 7) is 12.7. The lowest BCUT2D eigenvalue weighted by atomic mass is 9.70. The number of alkyl halides is 1. The van der Waals surface area contributed by atoms with E-state index in [0.29, 0.717) is 22.7 Å². The van der Waals surface area contributed by atoms with Gasteiger partial charge in [0.05, 0.1) is 47.3 Å². The Morgan fingerprint density at radius 2 is 1.90 bits per heavy atom. The quantitative estimate of drug-likeness (QED) is 0.143. The van der Waals surface area contributed by atoms with Crippen LogP contribution in [0.4, 0.5) is 5.69 Å². The molecule has 0 aromatic heterocycles. The molecule has 1 unspecified atom stereocenters. The molecule has 3 aliphatic heterocycles. The minimum atomic E-state index is -1.38. The lowest BCUT2D eigenvalue weighted by Gasteiger charge is -2.40. The number of aryl methyl sites for hydroxylation is 1. The van der Waals surface area contributed by atoms with Gasteiger partial charge in [-0.25, -0.2) is 0 Å². The fraction of sp³-hybridized carbons (Fsp3) is 0.474. The zero-order valence-electron chi connectivity index (χ0n) is 28.6. The first kappa shape index (κ1) is 37.7. The number of hydrogen-bond acceptors (Lipinski definition) is 7. The summed E-state index contributed by atoms with van der Waals surface area (Å²) in [6, 6.07) is 11.9. The first-order valence-electron chi connectivity index (χ1n) is 17.0. The number of hydrogen-bond donors (Lipinski definition) is 2. The van der Waals surface area contributed by atoms with E-state index in [4.69, 9.17) is 21.1 Å². The van der Waals surface area contributed by atoms with Gasteiger partial charge < -0.3 is 29.7 Å². The molecule has 2 bridgehead atoms. The number of nitrogens with zero attached hydrogens (tertiary/aromatic N) is 2. The highest BCUT2D eigenvalue weighted by Gasteiger charge is 2.77.